The predicted octanol–water partition coefficient (Wildman–Crippen LogP) is 5.62. The predicted molar refractivity (Wildman–Crippen MR) is 118 cm³/mol. The summed E-state index contributed by atoms with van der Waals surface area (Å²) in [4.78, 5) is 17.8. The molecule has 1 aliphatic rings. The Hall–Kier alpha value is -3.71. The highest BCUT2D eigenvalue weighted by molar-refractivity contribution is 6.30. The van der Waals surface area contributed by atoms with Crippen LogP contribution in [-0.2, 0) is 0 Å². The fraction of sp³-hybridized carbons (Fsp3) is 0.125. The standard InChI is InChI=1S/C24H17ClFN3O3/c1-31-21-8-3-5-14-12-17(23(25)27-22(14)21)19-13-18(20-9-4-10-32-20)28-29(19)24(30)15-6-2-7-16(26)11-15/h2-12,19H,13H2,1H3/t19-/m0/s1. The molecule has 32 heavy (non-hydrogen) atoms. The van der Waals surface area contributed by atoms with Crippen molar-refractivity contribution in [2.24, 2.45) is 5.10 Å². The molecule has 2 aromatic carbocycles. The Kier molecular flexibility index (Phi) is 5.11. The van der Waals surface area contributed by atoms with Gasteiger partial charge in [0.1, 0.15) is 33.7 Å². The largest absolute Gasteiger partial charge is 0.494 e. The van der Waals surface area contributed by atoms with E-state index in [1.54, 1.807) is 37.6 Å². The minimum atomic E-state index is -0.540. The molecule has 6 nitrogen and oxygen atoms in total. The molecule has 0 spiro atoms. The number of pyridine rings is 1. The molecule has 0 saturated carbocycles. The van der Waals surface area contributed by atoms with Crippen molar-refractivity contribution in [3.05, 3.63) is 94.8 Å². The van der Waals surface area contributed by atoms with Crippen molar-refractivity contribution in [2.45, 2.75) is 12.5 Å². The van der Waals surface area contributed by atoms with Crippen LogP contribution in [0.15, 0.2) is 76.4 Å². The van der Waals surface area contributed by atoms with Crippen LogP contribution in [0.2, 0.25) is 5.15 Å². The van der Waals surface area contributed by atoms with E-state index in [0.717, 1.165) is 5.39 Å². The zero-order valence-corrected chi connectivity index (χ0v) is 17.7. The number of rotatable bonds is 4. The molecule has 5 rings (SSSR count). The molecule has 2 aromatic heterocycles. The molecular formula is C24H17ClFN3O3. The number of hydrogen-bond acceptors (Lipinski definition) is 5. The molecule has 1 amide bonds. The number of fused-ring (bicyclic) bond motifs is 1. The number of benzene rings is 2. The summed E-state index contributed by atoms with van der Waals surface area (Å²) in [7, 11) is 1.57. The fourth-order valence-electron chi connectivity index (χ4n) is 3.85. The van der Waals surface area contributed by atoms with Gasteiger partial charge in [0.25, 0.3) is 5.91 Å². The molecular weight excluding hydrogens is 433 g/mol. The second-order valence-electron chi connectivity index (χ2n) is 7.30. The molecule has 0 aliphatic carbocycles. The summed E-state index contributed by atoms with van der Waals surface area (Å²) >= 11 is 6.59. The maximum Gasteiger partial charge on any atom is 0.274 e. The average Bonchev–Trinajstić information content (AvgIpc) is 3.48. The minimum absolute atomic E-state index is 0.186. The number of aromatic nitrogens is 1. The van der Waals surface area contributed by atoms with Gasteiger partial charge in [-0.05, 0) is 42.5 Å². The molecule has 3 heterocycles. The van der Waals surface area contributed by atoms with E-state index in [9.17, 15) is 9.18 Å². The number of hydrazone groups is 1. The SMILES string of the molecule is COc1cccc2cc([C@@H]3CC(c4ccco4)=NN3C(=O)c3cccc(F)c3)c(Cl)nc12. The third-order valence-electron chi connectivity index (χ3n) is 5.36. The minimum Gasteiger partial charge on any atom is -0.494 e. The topological polar surface area (TPSA) is 67.9 Å². The average molecular weight is 450 g/mol. The first-order valence-electron chi connectivity index (χ1n) is 9.89. The number of methoxy groups -OCH3 is 1. The quantitative estimate of drug-likeness (QED) is 0.379. The van der Waals surface area contributed by atoms with E-state index in [1.807, 2.05) is 18.2 Å². The van der Waals surface area contributed by atoms with Crippen molar-refractivity contribution in [1.82, 2.24) is 9.99 Å². The smallest absolute Gasteiger partial charge is 0.274 e. The lowest BCUT2D eigenvalue weighted by Crippen LogP contribution is -2.27. The van der Waals surface area contributed by atoms with Crippen molar-refractivity contribution in [2.75, 3.05) is 7.11 Å². The Balaban J connectivity index is 1.61. The molecule has 160 valence electrons. The molecule has 1 atom stereocenters. The van der Waals surface area contributed by atoms with Crippen molar-refractivity contribution in [3.63, 3.8) is 0 Å². The summed E-state index contributed by atoms with van der Waals surface area (Å²) in [5, 5.41) is 6.89. The Bertz CT molecular complexity index is 1350. The van der Waals surface area contributed by atoms with Gasteiger partial charge >= 0.3 is 0 Å². The Morgan fingerprint density at radius 1 is 1.19 bits per heavy atom. The van der Waals surface area contributed by atoms with Gasteiger partial charge in [0, 0.05) is 22.9 Å². The van der Waals surface area contributed by atoms with Crippen LogP contribution in [0.4, 0.5) is 4.39 Å². The van der Waals surface area contributed by atoms with Crippen LogP contribution in [0.5, 0.6) is 5.75 Å². The van der Waals surface area contributed by atoms with Gasteiger partial charge in [-0.1, -0.05) is 29.8 Å². The maximum absolute atomic E-state index is 13.8. The Morgan fingerprint density at radius 2 is 2.03 bits per heavy atom. The molecule has 0 radical (unpaired) electrons. The lowest BCUT2D eigenvalue weighted by atomic mass is 10.00. The first kappa shape index (κ1) is 20.2. The van der Waals surface area contributed by atoms with Gasteiger partial charge in [0.15, 0.2) is 0 Å². The molecule has 8 heteroatoms. The maximum atomic E-state index is 13.8. The van der Waals surface area contributed by atoms with Crippen molar-refractivity contribution in [3.8, 4) is 5.75 Å². The monoisotopic (exact) mass is 449 g/mol. The normalized spacial score (nSPS) is 15.8. The van der Waals surface area contributed by atoms with Crippen LogP contribution in [0.25, 0.3) is 10.9 Å². The second kappa shape index (κ2) is 8.09. The van der Waals surface area contributed by atoms with Gasteiger partial charge in [-0.2, -0.15) is 5.10 Å². The Morgan fingerprint density at radius 3 is 2.78 bits per heavy atom. The summed E-state index contributed by atoms with van der Waals surface area (Å²) in [5.41, 5.74) is 2.02. The lowest BCUT2D eigenvalue weighted by molar-refractivity contribution is 0.0710. The van der Waals surface area contributed by atoms with E-state index in [1.165, 1.54) is 23.2 Å². The summed E-state index contributed by atoms with van der Waals surface area (Å²) in [6.07, 6.45) is 1.91. The molecule has 0 N–H and O–H groups in total. The van der Waals surface area contributed by atoms with Gasteiger partial charge in [-0.3, -0.25) is 4.79 Å². The number of nitrogens with zero attached hydrogens (tertiary/aromatic N) is 3. The summed E-state index contributed by atoms with van der Waals surface area (Å²) in [6, 6.07) is 15.9. The van der Waals surface area contributed by atoms with Gasteiger partial charge in [-0.25, -0.2) is 14.4 Å². The summed E-state index contributed by atoms with van der Waals surface area (Å²) < 4.78 is 24.7. The van der Waals surface area contributed by atoms with Crippen molar-refractivity contribution in [1.29, 1.82) is 0 Å². The highest BCUT2D eigenvalue weighted by atomic mass is 35.5. The van der Waals surface area contributed by atoms with Crippen LogP contribution in [0.1, 0.15) is 34.1 Å². The second-order valence-corrected chi connectivity index (χ2v) is 7.66. The molecule has 0 saturated heterocycles. The number of amides is 1. The summed E-state index contributed by atoms with van der Waals surface area (Å²) in [6.45, 7) is 0. The van der Waals surface area contributed by atoms with E-state index in [0.29, 0.717) is 34.7 Å². The first-order chi connectivity index (χ1) is 15.5. The molecule has 0 unspecified atom stereocenters. The third kappa shape index (κ3) is 3.50. The van der Waals surface area contributed by atoms with Crippen LogP contribution in [0.3, 0.4) is 0 Å². The third-order valence-corrected chi connectivity index (χ3v) is 5.67. The van der Waals surface area contributed by atoms with Crippen LogP contribution < -0.4 is 4.74 Å². The van der Waals surface area contributed by atoms with Gasteiger partial charge in [0.05, 0.1) is 19.4 Å². The highest BCUT2D eigenvalue weighted by Crippen LogP contribution is 2.39. The zero-order valence-electron chi connectivity index (χ0n) is 17.0. The number of ether oxygens (including phenoxy) is 1. The zero-order chi connectivity index (χ0) is 22.2. The number of halogens is 2. The number of carbonyl (C=O) groups is 1. The number of carbonyl (C=O) groups excluding carboxylic acids is 1. The number of furan rings is 1. The number of para-hydroxylation sites is 1. The lowest BCUT2D eigenvalue weighted by Gasteiger charge is -2.23. The van der Waals surface area contributed by atoms with Crippen LogP contribution in [-0.4, -0.2) is 28.7 Å². The first-order valence-corrected chi connectivity index (χ1v) is 10.3. The molecule has 0 fully saturated rings. The fourth-order valence-corrected chi connectivity index (χ4v) is 4.11. The van der Waals surface area contributed by atoms with E-state index in [4.69, 9.17) is 20.8 Å². The van der Waals surface area contributed by atoms with Crippen molar-refractivity contribution < 1.29 is 18.3 Å². The molecule has 0 bridgehead atoms. The van der Waals surface area contributed by atoms with Gasteiger partial charge in [0.2, 0.25) is 0 Å². The van der Waals surface area contributed by atoms with Gasteiger partial charge in [-0.15, -0.1) is 0 Å². The highest BCUT2D eigenvalue weighted by Gasteiger charge is 2.36. The van der Waals surface area contributed by atoms with Crippen LogP contribution in [0, 0.1) is 5.82 Å². The van der Waals surface area contributed by atoms with Crippen LogP contribution >= 0.6 is 11.6 Å². The van der Waals surface area contributed by atoms with E-state index in [-0.39, 0.29) is 10.7 Å². The van der Waals surface area contributed by atoms with Crippen molar-refractivity contribution >= 4 is 34.1 Å². The van der Waals surface area contributed by atoms with E-state index in [2.05, 4.69) is 10.1 Å². The Labute approximate surface area is 187 Å². The van der Waals surface area contributed by atoms with E-state index >= 15 is 0 Å². The molecule has 4 aromatic rings. The number of hydrogen-bond donors (Lipinski definition) is 0. The van der Waals surface area contributed by atoms with Gasteiger partial charge < -0.3 is 9.15 Å². The van der Waals surface area contributed by atoms with E-state index < -0.39 is 17.8 Å². The molecule has 1 aliphatic heterocycles. The summed E-state index contributed by atoms with van der Waals surface area (Å²) in [5.74, 6) is 0.205.